The fraction of sp³-hybridized carbons (Fsp3) is 0.0952. The highest BCUT2D eigenvalue weighted by molar-refractivity contribution is 5.99. The summed E-state index contributed by atoms with van der Waals surface area (Å²) < 4.78 is 15.1. The first-order chi connectivity index (χ1) is 13.0. The van der Waals surface area contributed by atoms with E-state index in [0.717, 1.165) is 5.56 Å². The van der Waals surface area contributed by atoms with Gasteiger partial charge in [0.2, 0.25) is 5.76 Å². The third-order valence-corrected chi connectivity index (χ3v) is 3.73. The largest absolute Gasteiger partial charge is 0.457 e. The number of hydrogen-bond acceptors (Lipinski definition) is 6. The lowest BCUT2D eigenvalue weighted by atomic mass is 10.1. The summed E-state index contributed by atoms with van der Waals surface area (Å²) in [7, 11) is 0. The van der Waals surface area contributed by atoms with Gasteiger partial charge in [0.1, 0.15) is 5.75 Å². The highest BCUT2D eigenvalue weighted by atomic mass is 16.5. The molecule has 0 N–H and O–H groups in total. The molecule has 3 aromatic rings. The summed E-state index contributed by atoms with van der Waals surface area (Å²) in [6.45, 7) is 1.51. The minimum atomic E-state index is -0.711. The van der Waals surface area contributed by atoms with E-state index >= 15 is 0 Å². The Morgan fingerprint density at radius 3 is 2.15 bits per heavy atom. The summed E-state index contributed by atoms with van der Waals surface area (Å²) in [6.07, 6.45) is 1.34. The first kappa shape index (κ1) is 18.1. The number of esters is 2. The summed E-state index contributed by atoms with van der Waals surface area (Å²) in [6, 6.07) is 16.0. The Bertz CT molecular complexity index is 937. The van der Waals surface area contributed by atoms with Crippen molar-refractivity contribution in [1.29, 1.82) is 0 Å². The monoisotopic (exact) mass is 364 g/mol. The lowest BCUT2D eigenvalue weighted by Gasteiger charge is -2.06. The van der Waals surface area contributed by atoms with Crippen LogP contribution in [0.4, 0.5) is 0 Å². The van der Waals surface area contributed by atoms with E-state index in [0.29, 0.717) is 16.9 Å². The molecule has 1 aromatic heterocycles. The van der Waals surface area contributed by atoms with Crippen molar-refractivity contribution in [2.75, 3.05) is 6.61 Å². The number of Topliss-reactive ketones (excluding diaryl/α,β-unsaturated/α-hetero) is 1. The molecular weight excluding hydrogens is 348 g/mol. The molecule has 0 fully saturated rings. The van der Waals surface area contributed by atoms with Gasteiger partial charge in [-0.25, -0.2) is 9.59 Å². The first-order valence-corrected chi connectivity index (χ1v) is 8.15. The molecule has 0 aliphatic rings. The van der Waals surface area contributed by atoms with Crippen molar-refractivity contribution >= 4 is 17.7 Å². The van der Waals surface area contributed by atoms with Crippen LogP contribution in [0.3, 0.4) is 0 Å². The fourth-order valence-corrected chi connectivity index (χ4v) is 2.24. The van der Waals surface area contributed by atoms with Gasteiger partial charge in [-0.05, 0) is 55.5 Å². The van der Waals surface area contributed by atoms with E-state index in [9.17, 15) is 14.4 Å². The number of ether oxygens (including phenoxy) is 2. The molecule has 1 heterocycles. The molecule has 6 heteroatoms. The highest BCUT2D eigenvalue weighted by Crippen LogP contribution is 2.15. The summed E-state index contributed by atoms with van der Waals surface area (Å²) in [5.74, 6) is -1.24. The molecule has 6 nitrogen and oxygen atoms in total. The van der Waals surface area contributed by atoms with Gasteiger partial charge in [0.25, 0.3) is 0 Å². The van der Waals surface area contributed by atoms with Crippen LogP contribution >= 0.6 is 0 Å². The van der Waals surface area contributed by atoms with E-state index in [2.05, 4.69) is 0 Å². The van der Waals surface area contributed by atoms with Crippen LogP contribution in [0.25, 0.3) is 0 Å². The number of benzene rings is 2. The second kappa shape index (κ2) is 8.14. The van der Waals surface area contributed by atoms with E-state index in [-0.39, 0.29) is 11.5 Å². The number of rotatable bonds is 6. The zero-order valence-electron chi connectivity index (χ0n) is 14.5. The molecular formula is C21H16O6. The molecule has 136 valence electrons. The maximum Gasteiger partial charge on any atom is 0.374 e. The third kappa shape index (κ3) is 4.70. The summed E-state index contributed by atoms with van der Waals surface area (Å²) in [5, 5.41) is 0. The number of hydrogen-bond donors (Lipinski definition) is 0. The molecule has 0 aliphatic heterocycles. The van der Waals surface area contributed by atoms with Crippen LogP contribution in [0.2, 0.25) is 0 Å². The maximum atomic E-state index is 12.1. The predicted molar refractivity (Wildman–Crippen MR) is 95.9 cm³/mol. The van der Waals surface area contributed by atoms with E-state index in [1.54, 1.807) is 18.2 Å². The van der Waals surface area contributed by atoms with Gasteiger partial charge in [0.05, 0.1) is 11.8 Å². The van der Waals surface area contributed by atoms with Crippen molar-refractivity contribution in [2.24, 2.45) is 0 Å². The summed E-state index contributed by atoms with van der Waals surface area (Å²) in [4.78, 5) is 35.8. The normalized spacial score (nSPS) is 10.3. The average Bonchev–Trinajstić information content (AvgIpc) is 3.22. The molecule has 0 unspecified atom stereocenters. The minimum Gasteiger partial charge on any atom is -0.457 e. The van der Waals surface area contributed by atoms with Gasteiger partial charge in [-0.2, -0.15) is 0 Å². The molecule has 27 heavy (non-hydrogen) atoms. The number of carbonyl (C=O) groups excluding carboxylic acids is 3. The molecule has 3 rings (SSSR count). The molecule has 0 saturated heterocycles. The van der Waals surface area contributed by atoms with Crippen LogP contribution in [0.1, 0.15) is 36.8 Å². The van der Waals surface area contributed by atoms with Crippen LogP contribution in [0.5, 0.6) is 5.75 Å². The van der Waals surface area contributed by atoms with Crippen LogP contribution in [-0.4, -0.2) is 24.3 Å². The Morgan fingerprint density at radius 2 is 1.52 bits per heavy atom. The van der Waals surface area contributed by atoms with Crippen LogP contribution in [-0.2, 0) is 4.74 Å². The number of ketones is 1. The maximum absolute atomic E-state index is 12.1. The van der Waals surface area contributed by atoms with Crippen molar-refractivity contribution in [1.82, 2.24) is 0 Å². The Morgan fingerprint density at radius 1 is 0.852 bits per heavy atom. The second-order valence-electron chi connectivity index (χ2n) is 5.76. The van der Waals surface area contributed by atoms with Crippen LogP contribution < -0.4 is 4.74 Å². The summed E-state index contributed by atoms with van der Waals surface area (Å²) >= 11 is 0. The van der Waals surface area contributed by atoms with Crippen LogP contribution in [0.15, 0.2) is 71.3 Å². The van der Waals surface area contributed by atoms with Crippen molar-refractivity contribution in [2.45, 2.75) is 6.92 Å². The van der Waals surface area contributed by atoms with Gasteiger partial charge >= 0.3 is 11.9 Å². The highest BCUT2D eigenvalue weighted by Gasteiger charge is 2.14. The van der Waals surface area contributed by atoms with Gasteiger partial charge in [-0.15, -0.1) is 0 Å². The van der Waals surface area contributed by atoms with E-state index < -0.39 is 18.5 Å². The standard InChI is InChI=1S/C21H16O6/c1-14-4-6-16(7-5-14)20(23)27-17-10-8-15(9-11-17)18(22)13-26-21(24)19-3-2-12-25-19/h2-12H,13H2,1H3. The minimum absolute atomic E-state index is 0.0289. The van der Waals surface area contributed by atoms with Gasteiger partial charge in [0.15, 0.2) is 12.4 Å². The lowest BCUT2D eigenvalue weighted by Crippen LogP contribution is -2.14. The van der Waals surface area contributed by atoms with Crippen LogP contribution in [0, 0.1) is 6.92 Å². The fourth-order valence-electron chi connectivity index (χ4n) is 2.24. The molecule has 0 aliphatic carbocycles. The topological polar surface area (TPSA) is 82.8 Å². The average molecular weight is 364 g/mol. The Hall–Kier alpha value is -3.67. The lowest BCUT2D eigenvalue weighted by molar-refractivity contribution is 0.0444. The smallest absolute Gasteiger partial charge is 0.374 e. The number of aryl methyl sites for hydroxylation is 1. The summed E-state index contributed by atoms with van der Waals surface area (Å²) in [5.41, 5.74) is 1.81. The Kier molecular flexibility index (Phi) is 5.47. The molecule has 0 radical (unpaired) electrons. The first-order valence-electron chi connectivity index (χ1n) is 8.15. The molecule has 0 spiro atoms. The molecule has 2 aromatic carbocycles. The van der Waals surface area contributed by atoms with E-state index in [1.807, 2.05) is 19.1 Å². The van der Waals surface area contributed by atoms with Crippen molar-refractivity contribution in [3.63, 3.8) is 0 Å². The van der Waals surface area contributed by atoms with Gasteiger partial charge in [-0.1, -0.05) is 17.7 Å². The number of furan rings is 1. The zero-order chi connectivity index (χ0) is 19.2. The molecule has 0 bridgehead atoms. The molecule has 0 amide bonds. The predicted octanol–water partition coefficient (Wildman–Crippen LogP) is 3.85. The Balaban J connectivity index is 1.56. The van der Waals surface area contributed by atoms with Crippen molar-refractivity contribution < 1.29 is 28.3 Å². The van der Waals surface area contributed by atoms with Crippen molar-refractivity contribution in [3.8, 4) is 5.75 Å². The zero-order valence-corrected chi connectivity index (χ0v) is 14.5. The quantitative estimate of drug-likeness (QED) is 0.375. The Labute approximate surface area is 155 Å². The molecule has 0 atom stereocenters. The van der Waals surface area contributed by atoms with E-state index in [4.69, 9.17) is 13.9 Å². The van der Waals surface area contributed by atoms with Gasteiger partial charge < -0.3 is 13.9 Å². The van der Waals surface area contributed by atoms with Crippen molar-refractivity contribution in [3.05, 3.63) is 89.4 Å². The molecule has 0 saturated carbocycles. The van der Waals surface area contributed by atoms with Gasteiger partial charge in [0, 0.05) is 5.56 Å². The SMILES string of the molecule is Cc1ccc(C(=O)Oc2ccc(C(=O)COC(=O)c3ccco3)cc2)cc1. The van der Waals surface area contributed by atoms with E-state index in [1.165, 1.54) is 36.6 Å². The number of carbonyl (C=O) groups is 3. The third-order valence-electron chi connectivity index (χ3n) is 3.73. The second-order valence-corrected chi connectivity index (χ2v) is 5.76. The van der Waals surface area contributed by atoms with Gasteiger partial charge in [-0.3, -0.25) is 4.79 Å².